The molecule has 2 rings (SSSR count). The van der Waals surface area contributed by atoms with Gasteiger partial charge in [0.2, 0.25) is 0 Å². The van der Waals surface area contributed by atoms with E-state index in [2.05, 4.69) is 36.1 Å². The molecule has 88 valence electrons. The second kappa shape index (κ2) is 5.35. The molecule has 0 saturated carbocycles. The van der Waals surface area contributed by atoms with E-state index in [0.717, 1.165) is 5.75 Å². The highest BCUT2D eigenvalue weighted by Gasteiger charge is 2.24. The molecule has 1 atom stereocenters. The Bertz CT molecular complexity index is 320. The van der Waals surface area contributed by atoms with Crippen molar-refractivity contribution in [2.24, 2.45) is 0 Å². The van der Waals surface area contributed by atoms with Gasteiger partial charge in [0.1, 0.15) is 5.75 Å². The summed E-state index contributed by atoms with van der Waals surface area (Å²) >= 11 is 0. The molecule has 2 nitrogen and oxygen atoms in total. The SMILES string of the molecule is CCCN1CCC[C@H]1c1ccc(OC)cc1. The maximum Gasteiger partial charge on any atom is 0.118 e. The molecular weight excluding hydrogens is 198 g/mol. The van der Waals surface area contributed by atoms with E-state index in [4.69, 9.17) is 4.74 Å². The zero-order chi connectivity index (χ0) is 11.4. The molecule has 0 unspecified atom stereocenters. The topological polar surface area (TPSA) is 12.5 Å². The van der Waals surface area contributed by atoms with Crippen molar-refractivity contribution < 1.29 is 4.74 Å². The predicted octanol–water partition coefficient (Wildman–Crippen LogP) is 3.24. The first-order valence-electron chi connectivity index (χ1n) is 6.23. The van der Waals surface area contributed by atoms with Crippen molar-refractivity contribution in [3.05, 3.63) is 29.8 Å². The highest BCUT2D eigenvalue weighted by Crippen LogP contribution is 2.32. The molecule has 1 aliphatic heterocycles. The Labute approximate surface area is 98.2 Å². The van der Waals surface area contributed by atoms with Gasteiger partial charge in [-0.25, -0.2) is 0 Å². The average Bonchev–Trinajstić information content (AvgIpc) is 2.78. The smallest absolute Gasteiger partial charge is 0.118 e. The molecule has 0 spiro atoms. The van der Waals surface area contributed by atoms with Crippen LogP contribution in [0.15, 0.2) is 24.3 Å². The Morgan fingerprint density at radius 2 is 2.06 bits per heavy atom. The summed E-state index contributed by atoms with van der Waals surface area (Å²) in [6, 6.07) is 9.18. The molecule has 2 heteroatoms. The van der Waals surface area contributed by atoms with E-state index >= 15 is 0 Å². The van der Waals surface area contributed by atoms with E-state index in [9.17, 15) is 0 Å². The van der Waals surface area contributed by atoms with Crippen LogP contribution in [0, 0.1) is 0 Å². The van der Waals surface area contributed by atoms with Crippen LogP contribution in [0.5, 0.6) is 5.75 Å². The summed E-state index contributed by atoms with van der Waals surface area (Å²) < 4.78 is 5.19. The van der Waals surface area contributed by atoms with Crippen molar-refractivity contribution in [2.45, 2.75) is 32.2 Å². The maximum absolute atomic E-state index is 5.19. The van der Waals surface area contributed by atoms with Crippen LogP contribution in [0.4, 0.5) is 0 Å². The van der Waals surface area contributed by atoms with Crippen LogP contribution in [-0.4, -0.2) is 25.1 Å². The summed E-state index contributed by atoms with van der Waals surface area (Å²) in [4.78, 5) is 2.60. The van der Waals surface area contributed by atoms with Crippen LogP contribution >= 0.6 is 0 Å². The highest BCUT2D eigenvalue weighted by atomic mass is 16.5. The fourth-order valence-electron chi connectivity index (χ4n) is 2.58. The maximum atomic E-state index is 5.19. The molecule has 1 aromatic carbocycles. The summed E-state index contributed by atoms with van der Waals surface area (Å²) in [5, 5.41) is 0. The van der Waals surface area contributed by atoms with Gasteiger partial charge >= 0.3 is 0 Å². The number of benzene rings is 1. The first-order chi connectivity index (χ1) is 7.85. The Hall–Kier alpha value is -1.02. The molecule has 1 heterocycles. The lowest BCUT2D eigenvalue weighted by atomic mass is 10.0. The van der Waals surface area contributed by atoms with Gasteiger partial charge < -0.3 is 4.74 Å². The fraction of sp³-hybridized carbons (Fsp3) is 0.571. The summed E-state index contributed by atoms with van der Waals surface area (Å²) in [6.07, 6.45) is 3.87. The van der Waals surface area contributed by atoms with Gasteiger partial charge in [0.05, 0.1) is 7.11 Å². The van der Waals surface area contributed by atoms with Crippen molar-refractivity contribution in [3.8, 4) is 5.75 Å². The number of nitrogens with zero attached hydrogens (tertiary/aromatic N) is 1. The van der Waals surface area contributed by atoms with Crippen molar-refractivity contribution >= 4 is 0 Å². The summed E-state index contributed by atoms with van der Waals surface area (Å²) in [6.45, 7) is 4.73. The first-order valence-corrected chi connectivity index (χ1v) is 6.23. The van der Waals surface area contributed by atoms with E-state index in [1.165, 1.54) is 37.9 Å². The molecule has 16 heavy (non-hydrogen) atoms. The molecular formula is C14H21NO. The zero-order valence-corrected chi connectivity index (χ0v) is 10.3. The molecule has 0 aromatic heterocycles. The minimum atomic E-state index is 0.630. The second-order valence-electron chi connectivity index (χ2n) is 4.47. The van der Waals surface area contributed by atoms with Crippen LogP contribution < -0.4 is 4.74 Å². The zero-order valence-electron chi connectivity index (χ0n) is 10.3. The van der Waals surface area contributed by atoms with Gasteiger partial charge in [0, 0.05) is 6.04 Å². The van der Waals surface area contributed by atoms with Crippen molar-refractivity contribution in [3.63, 3.8) is 0 Å². The fourth-order valence-corrected chi connectivity index (χ4v) is 2.58. The molecule has 0 amide bonds. The lowest BCUT2D eigenvalue weighted by Crippen LogP contribution is -2.23. The van der Waals surface area contributed by atoms with Gasteiger partial charge in [-0.05, 0) is 50.0 Å². The average molecular weight is 219 g/mol. The third-order valence-electron chi connectivity index (χ3n) is 3.38. The Kier molecular flexibility index (Phi) is 3.83. The summed E-state index contributed by atoms with van der Waals surface area (Å²) in [5.41, 5.74) is 1.44. The lowest BCUT2D eigenvalue weighted by molar-refractivity contribution is 0.257. The van der Waals surface area contributed by atoms with Crippen LogP contribution in [0.3, 0.4) is 0 Å². The van der Waals surface area contributed by atoms with E-state index in [0.29, 0.717) is 6.04 Å². The monoisotopic (exact) mass is 219 g/mol. The number of hydrogen-bond acceptors (Lipinski definition) is 2. The Morgan fingerprint density at radius 3 is 2.69 bits per heavy atom. The Morgan fingerprint density at radius 1 is 1.31 bits per heavy atom. The molecule has 1 aromatic rings. The van der Waals surface area contributed by atoms with Gasteiger partial charge in [-0.2, -0.15) is 0 Å². The largest absolute Gasteiger partial charge is 0.497 e. The normalized spacial score (nSPS) is 21.2. The highest BCUT2D eigenvalue weighted by molar-refractivity contribution is 5.29. The molecule has 0 radical (unpaired) electrons. The predicted molar refractivity (Wildman–Crippen MR) is 66.8 cm³/mol. The molecule has 1 saturated heterocycles. The van der Waals surface area contributed by atoms with Crippen molar-refractivity contribution in [1.82, 2.24) is 4.90 Å². The molecule has 0 aliphatic carbocycles. The van der Waals surface area contributed by atoms with E-state index < -0.39 is 0 Å². The van der Waals surface area contributed by atoms with Crippen LogP contribution in [0.25, 0.3) is 0 Å². The van der Waals surface area contributed by atoms with E-state index in [-0.39, 0.29) is 0 Å². The van der Waals surface area contributed by atoms with Gasteiger partial charge in [0.25, 0.3) is 0 Å². The third kappa shape index (κ3) is 2.38. The molecule has 0 N–H and O–H groups in total. The number of likely N-dealkylation sites (tertiary alicyclic amines) is 1. The molecule has 1 aliphatic rings. The summed E-state index contributed by atoms with van der Waals surface area (Å²) in [5.74, 6) is 0.948. The quantitative estimate of drug-likeness (QED) is 0.770. The number of ether oxygens (including phenoxy) is 1. The third-order valence-corrected chi connectivity index (χ3v) is 3.38. The van der Waals surface area contributed by atoms with Gasteiger partial charge in [-0.1, -0.05) is 19.1 Å². The lowest BCUT2D eigenvalue weighted by Gasteiger charge is -2.24. The standard InChI is InChI=1S/C14H21NO/c1-3-10-15-11-4-5-14(15)12-6-8-13(16-2)9-7-12/h6-9,14H,3-5,10-11H2,1-2H3/t14-/m0/s1. The molecule has 0 bridgehead atoms. The van der Waals surface area contributed by atoms with Gasteiger partial charge in [0.15, 0.2) is 0 Å². The number of methoxy groups -OCH3 is 1. The molecule has 1 fully saturated rings. The minimum absolute atomic E-state index is 0.630. The number of hydrogen-bond donors (Lipinski definition) is 0. The summed E-state index contributed by atoms with van der Waals surface area (Å²) in [7, 11) is 1.72. The Balaban J connectivity index is 2.09. The van der Waals surface area contributed by atoms with Crippen molar-refractivity contribution in [1.29, 1.82) is 0 Å². The van der Waals surface area contributed by atoms with Gasteiger partial charge in [-0.15, -0.1) is 0 Å². The van der Waals surface area contributed by atoms with E-state index in [1.54, 1.807) is 7.11 Å². The minimum Gasteiger partial charge on any atom is -0.497 e. The van der Waals surface area contributed by atoms with Crippen LogP contribution in [-0.2, 0) is 0 Å². The second-order valence-corrected chi connectivity index (χ2v) is 4.47. The number of rotatable bonds is 4. The van der Waals surface area contributed by atoms with Crippen molar-refractivity contribution in [2.75, 3.05) is 20.2 Å². The van der Waals surface area contributed by atoms with Crippen LogP contribution in [0.2, 0.25) is 0 Å². The first kappa shape index (κ1) is 11.5. The van der Waals surface area contributed by atoms with E-state index in [1.807, 2.05) is 0 Å². The van der Waals surface area contributed by atoms with Crippen LogP contribution in [0.1, 0.15) is 37.8 Å². The van der Waals surface area contributed by atoms with Gasteiger partial charge in [-0.3, -0.25) is 4.90 Å².